The van der Waals surface area contributed by atoms with Crippen molar-refractivity contribution < 1.29 is 29.7 Å². The molecule has 0 spiro atoms. The van der Waals surface area contributed by atoms with Gasteiger partial charge in [-0.05, 0) is 5.92 Å². The molecule has 104 valence electrons. The van der Waals surface area contributed by atoms with E-state index in [-0.39, 0.29) is 31.8 Å². The number of carboxylic acid groups (broad SMARTS) is 3. The molecule has 3 N–H and O–H groups in total. The predicted octanol–water partition coefficient (Wildman–Crippen LogP) is 0.347. The van der Waals surface area contributed by atoms with Gasteiger partial charge in [0.05, 0.1) is 12.8 Å². The van der Waals surface area contributed by atoms with Gasteiger partial charge in [-0.25, -0.2) is 0 Å². The second kappa shape index (κ2) is 7.65. The third kappa shape index (κ3) is 6.19. The van der Waals surface area contributed by atoms with Gasteiger partial charge in [-0.15, -0.1) is 0 Å². The van der Waals surface area contributed by atoms with Crippen molar-refractivity contribution in [2.75, 3.05) is 13.1 Å². The minimum atomic E-state index is -1.07. The fourth-order valence-corrected chi connectivity index (χ4v) is 1.73. The fraction of sp³-hybridized carbons (Fsp3) is 0.727. The van der Waals surface area contributed by atoms with Crippen molar-refractivity contribution in [3.05, 3.63) is 0 Å². The van der Waals surface area contributed by atoms with E-state index < -0.39 is 23.9 Å². The fourth-order valence-electron chi connectivity index (χ4n) is 1.73. The molecule has 0 saturated heterocycles. The Bertz CT molecular complexity index is 297. The summed E-state index contributed by atoms with van der Waals surface area (Å²) in [4.78, 5) is 33.6. The number of carbonyl (C=O) groups is 3. The van der Waals surface area contributed by atoms with E-state index in [2.05, 4.69) is 0 Å². The first-order valence-corrected chi connectivity index (χ1v) is 5.66. The molecule has 0 heterocycles. The van der Waals surface area contributed by atoms with Gasteiger partial charge in [0.15, 0.2) is 0 Å². The zero-order valence-corrected chi connectivity index (χ0v) is 10.5. The Morgan fingerprint density at radius 1 is 0.944 bits per heavy atom. The van der Waals surface area contributed by atoms with E-state index in [1.54, 1.807) is 13.8 Å². The number of hydrogen-bond acceptors (Lipinski definition) is 4. The molecule has 0 fully saturated rings. The summed E-state index contributed by atoms with van der Waals surface area (Å²) < 4.78 is 0. The van der Waals surface area contributed by atoms with Crippen LogP contribution in [-0.4, -0.2) is 57.3 Å². The number of nitrogens with zero attached hydrogens (tertiary/aromatic N) is 1. The Labute approximate surface area is 105 Å². The lowest BCUT2D eigenvalue weighted by Crippen LogP contribution is -2.46. The van der Waals surface area contributed by atoms with Crippen LogP contribution in [-0.2, 0) is 14.4 Å². The predicted molar refractivity (Wildman–Crippen MR) is 62.3 cm³/mol. The molecule has 1 atom stereocenters. The Morgan fingerprint density at radius 3 is 1.56 bits per heavy atom. The minimum absolute atomic E-state index is 0.0256. The molecule has 0 aromatic carbocycles. The molecule has 18 heavy (non-hydrogen) atoms. The second-order valence-electron chi connectivity index (χ2n) is 4.35. The average molecular weight is 261 g/mol. The molecular formula is C11H19NO6. The highest BCUT2D eigenvalue weighted by Gasteiger charge is 2.29. The lowest BCUT2D eigenvalue weighted by molar-refractivity contribution is -0.148. The average Bonchev–Trinajstić information content (AvgIpc) is 2.20. The van der Waals surface area contributed by atoms with Crippen LogP contribution in [0, 0.1) is 5.92 Å². The summed E-state index contributed by atoms with van der Waals surface area (Å²) in [5.74, 6) is -3.38. The zero-order valence-electron chi connectivity index (χ0n) is 10.5. The van der Waals surface area contributed by atoms with Crippen LogP contribution in [0.2, 0.25) is 0 Å². The monoisotopic (exact) mass is 261 g/mol. The topological polar surface area (TPSA) is 115 Å². The maximum Gasteiger partial charge on any atom is 0.321 e. The molecule has 0 aromatic rings. The van der Waals surface area contributed by atoms with Crippen molar-refractivity contribution in [2.24, 2.45) is 5.92 Å². The van der Waals surface area contributed by atoms with E-state index in [9.17, 15) is 14.4 Å². The third-order valence-electron chi connectivity index (χ3n) is 2.50. The van der Waals surface area contributed by atoms with Crippen LogP contribution >= 0.6 is 0 Å². The molecule has 0 aliphatic carbocycles. The number of aliphatic carboxylic acids is 3. The SMILES string of the molecule is CC(C)C(C(=O)O)N(CCC(=O)O)CCC(=O)O. The number of rotatable bonds is 9. The van der Waals surface area contributed by atoms with Gasteiger partial charge in [0, 0.05) is 13.1 Å². The summed E-state index contributed by atoms with van der Waals surface area (Å²) in [6.45, 7) is 3.45. The molecule has 0 aliphatic rings. The van der Waals surface area contributed by atoms with Gasteiger partial charge >= 0.3 is 17.9 Å². The summed E-state index contributed by atoms with van der Waals surface area (Å²) in [6.07, 6.45) is -0.424. The lowest BCUT2D eigenvalue weighted by Gasteiger charge is -2.30. The van der Waals surface area contributed by atoms with Crippen molar-refractivity contribution in [1.82, 2.24) is 4.90 Å². The molecule has 0 rings (SSSR count). The zero-order chi connectivity index (χ0) is 14.3. The van der Waals surface area contributed by atoms with Gasteiger partial charge in [0.1, 0.15) is 6.04 Å². The molecule has 0 amide bonds. The van der Waals surface area contributed by atoms with Crippen molar-refractivity contribution in [1.29, 1.82) is 0 Å². The van der Waals surface area contributed by atoms with Gasteiger partial charge in [0.25, 0.3) is 0 Å². The van der Waals surface area contributed by atoms with Gasteiger partial charge in [-0.2, -0.15) is 0 Å². The molecule has 1 unspecified atom stereocenters. The standard InChI is InChI=1S/C11H19NO6/c1-7(2)10(11(17)18)12(5-3-8(13)14)6-4-9(15)16/h7,10H,3-6H2,1-2H3,(H,13,14)(H,15,16)(H,17,18). The first kappa shape index (κ1) is 16.4. The van der Waals surface area contributed by atoms with E-state index in [1.807, 2.05) is 0 Å². The van der Waals surface area contributed by atoms with E-state index in [4.69, 9.17) is 15.3 Å². The van der Waals surface area contributed by atoms with Crippen LogP contribution < -0.4 is 0 Å². The summed E-state index contributed by atoms with van der Waals surface area (Å²) in [5, 5.41) is 26.3. The van der Waals surface area contributed by atoms with E-state index >= 15 is 0 Å². The Balaban J connectivity index is 4.73. The highest BCUT2D eigenvalue weighted by Crippen LogP contribution is 2.12. The molecule has 0 aliphatic heterocycles. The maximum atomic E-state index is 11.1. The lowest BCUT2D eigenvalue weighted by atomic mass is 10.0. The normalized spacial score (nSPS) is 12.7. The molecule has 7 heteroatoms. The Hall–Kier alpha value is -1.63. The largest absolute Gasteiger partial charge is 0.481 e. The van der Waals surface area contributed by atoms with Crippen molar-refractivity contribution in [2.45, 2.75) is 32.7 Å². The molecular weight excluding hydrogens is 242 g/mol. The van der Waals surface area contributed by atoms with Crippen LogP contribution in [0.25, 0.3) is 0 Å². The van der Waals surface area contributed by atoms with Crippen LogP contribution in [0.5, 0.6) is 0 Å². The van der Waals surface area contributed by atoms with Crippen molar-refractivity contribution in [3.8, 4) is 0 Å². The highest BCUT2D eigenvalue weighted by molar-refractivity contribution is 5.74. The van der Waals surface area contributed by atoms with Gasteiger partial charge in [-0.1, -0.05) is 13.8 Å². The van der Waals surface area contributed by atoms with E-state index in [0.717, 1.165) is 0 Å². The van der Waals surface area contributed by atoms with Crippen LogP contribution in [0.3, 0.4) is 0 Å². The maximum absolute atomic E-state index is 11.1. The van der Waals surface area contributed by atoms with Crippen LogP contribution in [0.1, 0.15) is 26.7 Å². The van der Waals surface area contributed by atoms with Crippen molar-refractivity contribution in [3.63, 3.8) is 0 Å². The van der Waals surface area contributed by atoms with Crippen LogP contribution in [0.4, 0.5) is 0 Å². The highest BCUT2D eigenvalue weighted by atomic mass is 16.4. The summed E-state index contributed by atoms with van der Waals surface area (Å²) in [6, 6.07) is -0.872. The quantitative estimate of drug-likeness (QED) is 0.548. The third-order valence-corrected chi connectivity index (χ3v) is 2.50. The first-order valence-electron chi connectivity index (χ1n) is 5.66. The van der Waals surface area contributed by atoms with Gasteiger partial charge in [0.2, 0.25) is 0 Å². The molecule has 0 radical (unpaired) electrons. The summed E-state index contributed by atoms with van der Waals surface area (Å²) in [7, 11) is 0. The molecule has 7 nitrogen and oxygen atoms in total. The van der Waals surface area contributed by atoms with Crippen LogP contribution in [0.15, 0.2) is 0 Å². The summed E-state index contributed by atoms with van der Waals surface area (Å²) >= 11 is 0. The van der Waals surface area contributed by atoms with Crippen molar-refractivity contribution >= 4 is 17.9 Å². The Morgan fingerprint density at radius 2 is 1.33 bits per heavy atom. The number of hydrogen-bond donors (Lipinski definition) is 3. The Kier molecular flexibility index (Phi) is 6.96. The smallest absolute Gasteiger partial charge is 0.321 e. The van der Waals surface area contributed by atoms with E-state index in [1.165, 1.54) is 4.90 Å². The molecule has 0 saturated carbocycles. The first-order chi connectivity index (χ1) is 8.25. The van der Waals surface area contributed by atoms with Gasteiger partial charge in [-0.3, -0.25) is 19.3 Å². The summed E-state index contributed by atoms with van der Waals surface area (Å²) in [5.41, 5.74) is 0. The van der Waals surface area contributed by atoms with E-state index in [0.29, 0.717) is 0 Å². The molecule has 0 bridgehead atoms. The number of carboxylic acids is 3. The second-order valence-corrected chi connectivity index (χ2v) is 4.35. The van der Waals surface area contributed by atoms with Gasteiger partial charge < -0.3 is 15.3 Å². The molecule has 0 aromatic heterocycles. The minimum Gasteiger partial charge on any atom is -0.481 e.